The molecule has 1 aromatic carbocycles. The van der Waals surface area contributed by atoms with E-state index in [2.05, 4.69) is 5.32 Å². The first-order chi connectivity index (χ1) is 8.25. The van der Waals surface area contributed by atoms with E-state index in [0.29, 0.717) is 18.7 Å². The fraction of sp³-hybridized carbons (Fsp3) is 0.538. The van der Waals surface area contributed by atoms with Gasteiger partial charge in [-0.15, -0.1) is 0 Å². The highest BCUT2D eigenvalue weighted by Crippen LogP contribution is 2.13. The molecule has 1 saturated heterocycles. The van der Waals surface area contributed by atoms with Crippen LogP contribution in [0.5, 0.6) is 0 Å². The molecule has 94 valence electrons. The Balaban J connectivity index is 1.79. The number of halogens is 2. The van der Waals surface area contributed by atoms with Crippen molar-refractivity contribution in [2.24, 2.45) is 0 Å². The van der Waals surface area contributed by atoms with Gasteiger partial charge in [0.1, 0.15) is 11.6 Å². The first-order valence-corrected chi connectivity index (χ1v) is 6.02. The maximum absolute atomic E-state index is 13.3. The van der Waals surface area contributed by atoms with Crippen LogP contribution in [0.2, 0.25) is 0 Å². The van der Waals surface area contributed by atoms with Gasteiger partial charge in [0.2, 0.25) is 0 Å². The van der Waals surface area contributed by atoms with E-state index in [1.807, 2.05) is 0 Å². The molecule has 1 heterocycles. The van der Waals surface area contributed by atoms with E-state index < -0.39 is 5.82 Å². The summed E-state index contributed by atoms with van der Waals surface area (Å²) in [7, 11) is 0. The van der Waals surface area contributed by atoms with Crippen molar-refractivity contribution in [1.29, 1.82) is 0 Å². The van der Waals surface area contributed by atoms with Gasteiger partial charge in [-0.3, -0.25) is 0 Å². The van der Waals surface area contributed by atoms with Crippen LogP contribution in [0.1, 0.15) is 24.8 Å². The average molecular weight is 241 g/mol. The maximum Gasteiger partial charge on any atom is 0.127 e. The zero-order valence-electron chi connectivity index (χ0n) is 9.72. The van der Waals surface area contributed by atoms with Gasteiger partial charge in [-0.2, -0.15) is 0 Å². The predicted octanol–water partition coefficient (Wildman–Crippen LogP) is 2.62. The standard InChI is InChI=1S/C13H17F2NO/c14-11-4-5-13(15)10(7-11)8-16-9-12-3-1-2-6-17-12/h4-5,7,12,16H,1-3,6,8-9H2. The number of hydrogen-bond donors (Lipinski definition) is 1. The minimum absolute atomic E-state index is 0.209. The second kappa shape index (κ2) is 6.07. The molecule has 1 N–H and O–H groups in total. The first kappa shape index (κ1) is 12.5. The van der Waals surface area contributed by atoms with E-state index in [1.54, 1.807) is 0 Å². The molecule has 1 aromatic rings. The Kier molecular flexibility index (Phi) is 4.45. The van der Waals surface area contributed by atoms with E-state index >= 15 is 0 Å². The molecule has 1 aliphatic heterocycles. The third kappa shape index (κ3) is 3.75. The van der Waals surface area contributed by atoms with Gasteiger partial charge in [0, 0.05) is 25.3 Å². The predicted molar refractivity (Wildman–Crippen MR) is 61.7 cm³/mol. The lowest BCUT2D eigenvalue weighted by Crippen LogP contribution is -2.31. The molecule has 2 nitrogen and oxygen atoms in total. The smallest absolute Gasteiger partial charge is 0.127 e. The van der Waals surface area contributed by atoms with Crippen LogP contribution in [0.25, 0.3) is 0 Å². The third-order valence-electron chi connectivity index (χ3n) is 2.97. The Morgan fingerprint density at radius 2 is 2.18 bits per heavy atom. The van der Waals surface area contributed by atoms with Crippen LogP contribution >= 0.6 is 0 Å². The van der Waals surface area contributed by atoms with Gasteiger partial charge < -0.3 is 10.1 Å². The molecule has 1 fully saturated rings. The number of rotatable bonds is 4. The summed E-state index contributed by atoms with van der Waals surface area (Å²) >= 11 is 0. The van der Waals surface area contributed by atoms with E-state index in [-0.39, 0.29) is 11.9 Å². The Labute approximate surface area is 100.0 Å². The summed E-state index contributed by atoms with van der Waals surface area (Å²) in [4.78, 5) is 0. The Morgan fingerprint density at radius 1 is 1.29 bits per heavy atom. The Hall–Kier alpha value is -1.00. The van der Waals surface area contributed by atoms with Crippen LogP contribution in [0.3, 0.4) is 0 Å². The number of ether oxygens (including phenoxy) is 1. The molecule has 2 rings (SSSR count). The summed E-state index contributed by atoms with van der Waals surface area (Å²) in [5, 5.41) is 3.11. The molecule has 17 heavy (non-hydrogen) atoms. The largest absolute Gasteiger partial charge is 0.377 e. The van der Waals surface area contributed by atoms with Crippen LogP contribution in [-0.2, 0) is 11.3 Å². The first-order valence-electron chi connectivity index (χ1n) is 6.02. The second-order valence-corrected chi connectivity index (χ2v) is 4.36. The fourth-order valence-electron chi connectivity index (χ4n) is 2.01. The molecule has 0 saturated carbocycles. The molecule has 1 aliphatic rings. The van der Waals surface area contributed by atoms with Crippen molar-refractivity contribution in [3.8, 4) is 0 Å². The van der Waals surface area contributed by atoms with Crippen LogP contribution in [0, 0.1) is 11.6 Å². The van der Waals surface area contributed by atoms with E-state index in [9.17, 15) is 8.78 Å². The summed E-state index contributed by atoms with van der Waals surface area (Å²) in [5.41, 5.74) is 0.362. The van der Waals surface area contributed by atoms with Crippen molar-refractivity contribution in [3.63, 3.8) is 0 Å². The van der Waals surface area contributed by atoms with Gasteiger partial charge in [0.25, 0.3) is 0 Å². The molecule has 1 unspecified atom stereocenters. The zero-order valence-corrected chi connectivity index (χ0v) is 9.72. The van der Waals surface area contributed by atoms with Crippen molar-refractivity contribution >= 4 is 0 Å². The van der Waals surface area contributed by atoms with E-state index in [4.69, 9.17) is 4.74 Å². The average Bonchev–Trinajstić information content (AvgIpc) is 2.35. The summed E-state index contributed by atoms with van der Waals surface area (Å²) in [6.45, 7) is 1.83. The molecule has 0 radical (unpaired) electrons. The normalized spacial score (nSPS) is 20.5. The SMILES string of the molecule is Fc1ccc(F)c(CNCC2CCCCO2)c1. The highest BCUT2D eigenvalue weighted by molar-refractivity contribution is 5.18. The minimum Gasteiger partial charge on any atom is -0.377 e. The Bertz CT molecular complexity index is 364. The minimum atomic E-state index is -0.405. The summed E-state index contributed by atoms with van der Waals surface area (Å²) in [5.74, 6) is -0.777. The monoisotopic (exact) mass is 241 g/mol. The molecule has 0 aromatic heterocycles. The van der Waals surface area contributed by atoms with Crippen molar-refractivity contribution in [2.45, 2.75) is 31.9 Å². The van der Waals surface area contributed by atoms with Crippen molar-refractivity contribution in [1.82, 2.24) is 5.32 Å². The fourth-order valence-corrected chi connectivity index (χ4v) is 2.01. The van der Waals surface area contributed by atoms with Crippen LogP contribution < -0.4 is 5.32 Å². The van der Waals surface area contributed by atoms with Crippen molar-refractivity contribution in [2.75, 3.05) is 13.2 Å². The van der Waals surface area contributed by atoms with Gasteiger partial charge in [-0.05, 0) is 37.5 Å². The van der Waals surface area contributed by atoms with Gasteiger partial charge in [0.05, 0.1) is 6.10 Å². The van der Waals surface area contributed by atoms with E-state index in [1.165, 1.54) is 12.5 Å². The zero-order chi connectivity index (χ0) is 12.1. The quantitative estimate of drug-likeness (QED) is 0.875. The molecule has 4 heteroatoms. The molecular formula is C13H17F2NO. The van der Waals surface area contributed by atoms with Crippen LogP contribution in [0.15, 0.2) is 18.2 Å². The lowest BCUT2D eigenvalue weighted by atomic mass is 10.1. The summed E-state index contributed by atoms with van der Waals surface area (Å²) in [6, 6.07) is 3.51. The molecule has 0 bridgehead atoms. The number of hydrogen-bond acceptors (Lipinski definition) is 2. The molecular weight excluding hydrogens is 224 g/mol. The van der Waals surface area contributed by atoms with Gasteiger partial charge in [-0.25, -0.2) is 8.78 Å². The lowest BCUT2D eigenvalue weighted by molar-refractivity contribution is 0.0167. The van der Waals surface area contributed by atoms with Gasteiger partial charge in [0.15, 0.2) is 0 Å². The topological polar surface area (TPSA) is 21.3 Å². The van der Waals surface area contributed by atoms with Gasteiger partial charge in [-0.1, -0.05) is 0 Å². The lowest BCUT2D eigenvalue weighted by Gasteiger charge is -2.22. The maximum atomic E-state index is 13.3. The number of nitrogens with one attached hydrogen (secondary N) is 1. The molecule has 1 atom stereocenters. The van der Waals surface area contributed by atoms with Gasteiger partial charge >= 0.3 is 0 Å². The van der Waals surface area contributed by atoms with Crippen LogP contribution in [-0.4, -0.2) is 19.3 Å². The van der Waals surface area contributed by atoms with Crippen molar-refractivity contribution in [3.05, 3.63) is 35.4 Å². The summed E-state index contributed by atoms with van der Waals surface area (Å²) < 4.78 is 31.7. The Morgan fingerprint density at radius 3 is 2.94 bits per heavy atom. The highest BCUT2D eigenvalue weighted by atomic mass is 19.1. The molecule has 0 amide bonds. The van der Waals surface area contributed by atoms with Crippen molar-refractivity contribution < 1.29 is 13.5 Å². The van der Waals surface area contributed by atoms with E-state index in [0.717, 1.165) is 31.6 Å². The second-order valence-electron chi connectivity index (χ2n) is 4.36. The molecule has 0 aliphatic carbocycles. The summed E-state index contributed by atoms with van der Waals surface area (Å²) in [6.07, 6.45) is 3.55. The van der Waals surface area contributed by atoms with Crippen LogP contribution in [0.4, 0.5) is 8.78 Å². The number of benzene rings is 1. The molecule has 0 spiro atoms. The third-order valence-corrected chi connectivity index (χ3v) is 2.97. The highest BCUT2D eigenvalue weighted by Gasteiger charge is 2.13.